The van der Waals surface area contributed by atoms with Gasteiger partial charge in [-0.05, 0) is 13.3 Å². The standard InChI is InChI=1S/C16H15F13O4/c1-3-9(30)33-7-8(5-6-10(31)32-4-2)11(17,18)12(19,20)13(21,22)14(23,24)15(25,26)16(27,28)29/h3,8H,1,4-7H2,2H3. The van der Waals surface area contributed by atoms with Gasteiger partial charge in [0.25, 0.3) is 0 Å². The summed E-state index contributed by atoms with van der Waals surface area (Å²) in [7, 11) is 0. The molecule has 0 radical (unpaired) electrons. The molecular formula is C16H15F13O4. The van der Waals surface area contributed by atoms with Crippen molar-refractivity contribution in [3.8, 4) is 0 Å². The SMILES string of the molecule is C=CC(=O)OCC(CCC(=O)OCC)C(F)(F)C(F)(F)C(F)(F)C(F)(F)C(F)(F)C(F)(F)F. The van der Waals surface area contributed by atoms with E-state index in [2.05, 4.69) is 16.1 Å². The Labute approximate surface area is 176 Å². The first-order valence-electron chi connectivity index (χ1n) is 8.46. The molecule has 0 bridgehead atoms. The van der Waals surface area contributed by atoms with Gasteiger partial charge in [-0.15, -0.1) is 0 Å². The van der Waals surface area contributed by atoms with Crippen LogP contribution in [0.5, 0.6) is 0 Å². The molecule has 0 aliphatic heterocycles. The average Bonchev–Trinajstić information content (AvgIpc) is 2.65. The molecule has 1 atom stereocenters. The second-order valence-electron chi connectivity index (χ2n) is 6.29. The van der Waals surface area contributed by atoms with Gasteiger partial charge in [0.2, 0.25) is 0 Å². The van der Waals surface area contributed by atoms with Crippen LogP contribution < -0.4 is 0 Å². The fourth-order valence-electron chi connectivity index (χ4n) is 2.17. The summed E-state index contributed by atoms with van der Waals surface area (Å²) < 4.78 is 181. The molecule has 1 unspecified atom stereocenters. The third-order valence-electron chi connectivity index (χ3n) is 4.07. The minimum atomic E-state index is -8.06. The van der Waals surface area contributed by atoms with Crippen molar-refractivity contribution in [2.45, 2.75) is 55.6 Å². The maximum atomic E-state index is 14.3. The lowest BCUT2D eigenvalue weighted by molar-refractivity contribution is -0.443. The summed E-state index contributed by atoms with van der Waals surface area (Å²) in [5.41, 5.74) is 0. The zero-order valence-electron chi connectivity index (χ0n) is 16.2. The van der Waals surface area contributed by atoms with Crippen LogP contribution in [0.4, 0.5) is 57.1 Å². The fraction of sp³-hybridized carbons (Fsp3) is 0.750. The normalized spacial score (nSPS) is 15.1. The minimum absolute atomic E-state index is 0.269. The van der Waals surface area contributed by atoms with Gasteiger partial charge < -0.3 is 9.47 Å². The van der Waals surface area contributed by atoms with E-state index in [1.165, 1.54) is 6.92 Å². The van der Waals surface area contributed by atoms with Crippen molar-refractivity contribution in [2.24, 2.45) is 5.92 Å². The molecule has 0 saturated carbocycles. The lowest BCUT2D eigenvalue weighted by atomic mass is 9.85. The largest absolute Gasteiger partial charge is 0.466 e. The van der Waals surface area contributed by atoms with Gasteiger partial charge in [-0.3, -0.25) is 4.79 Å². The van der Waals surface area contributed by atoms with Crippen molar-refractivity contribution in [1.29, 1.82) is 0 Å². The molecule has 0 heterocycles. The highest BCUT2D eigenvalue weighted by Gasteiger charge is 2.91. The van der Waals surface area contributed by atoms with Crippen LogP contribution in [0.3, 0.4) is 0 Å². The lowest BCUT2D eigenvalue weighted by Gasteiger charge is -2.41. The average molecular weight is 518 g/mol. The van der Waals surface area contributed by atoms with E-state index in [1.807, 2.05) is 0 Å². The van der Waals surface area contributed by atoms with Gasteiger partial charge in [-0.2, -0.15) is 57.1 Å². The topological polar surface area (TPSA) is 52.6 Å². The molecule has 0 aromatic rings. The number of alkyl halides is 13. The first kappa shape index (κ1) is 30.8. The van der Waals surface area contributed by atoms with E-state index in [1.54, 1.807) is 0 Å². The zero-order chi connectivity index (χ0) is 26.7. The molecule has 0 N–H and O–H groups in total. The van der Waals surface area contributed by atoms with Crippen LogP contribution in [0.2, 0.25) is 0 Å². The molecule has 0 aromatic carbocycles. The number of ether oxygens (including phenoxy) is 2. The summed E-state index contributed by atoms with van der Waals surface area (Å²) in [6, 6.07) is 0. The van der Waals surface area contributed by atoms with Crippen LogP contribution in [0, 0.1) is 5.92 Å². The quantitative estimate of drug-likeness (QED) is 0.197. The second kappa shape index (κ2) is 9.95. The third-order valence-corrected chi connectivity index (χ3v) is 4.07. The number of carbonyl (C=O) groups excluding carboxylic acids is 2. The van der Waals surface area contributed by atoms with Crippen LogP contribution in [0.25, 0.3) is 0 Å². The number of halogens is 13. The number of hydrogen-bond acceptors (Lipinski definition) is 4. The zero-order valence-corrected chi connectivity index (χ0v) is 16.2. The van der Waals surface area contributed by atoms with E-state index in [0.29, 0.717) is 0 Å². The van der Waals surface area contributed by atoms with E-state index in [4.69, 9.17) is 0 Å². The van der Waals surface area contributed by atoms with E-state index in [0.717, 1.165) is 0 Å². The molecule has 0 amide bonds. The van der Waals surface area contributed by atoms with E-state index >= 15 is 0 Å². The number of rotatable bonds is 12. The Morgan fingerprint density at radius 2 is 1.24 bits per heavy atom. The Bertz CT molecular complexity index is 716. The predicted molar refractivity (Wildman–Crippen MR) is 81.3 cm³/mol. The van der Waals surface area contributed by atoms with Crippen LogP contribution in [-0.4, -0.2) is 60.9 Å². The lowest BCUT2D eigenvalue weighted by Crippen LogP contribution is -2.71. The molecule has 4 nitrogen and oxygen atoms in total. The molecule has 17 heteroatoms. The summed E-state index contributed by atoms with van der Waals surface area (Å²) in [6.45, 7) is 1.63. The molecule has 194 valence electrons. The van der Waals surface area contributed by atoms with E-state index < -0.39 is 73.1 Å². The molecule has 0 spiro atoms. The molecule has 0 aliphatic carbocycles. The highest BCUT2D eigenvalue weighted by Crippen LogP contribution is 2.61. The Morgan fingerprint density at radius 3 is 1.64 bits per heavy atom. The summed E-state index contributed by atoms with van der Waals surface area (Å²) in [6.07, 6.45) is -10.2. The molecular weight excluding hydrogens is 503 g/mol. The molecule has 0 saturated heterocycles. The maximum Gasteiger partial charge on any atom is 0.460 e. The Morgan fingerprint density at radius 1 is 0.788 bits per heavy atom. The molecule has 0 aliphatic rings. The highest BCUT2D eigenvalue weighted by molar-refractivity contribution is 5.81. The van der Waals surface area contributed by atoms with Gasteiger partial charge >= 0.3 is 47.7 Å². The van der Waals surface area contributed by atoms with Gasteiger partial charge in [0.05, 0.1) is 12.5 Å². The monoisotopic (exact) mass is 518 g/mol. The van der Waals surface area contributed by atoms with Gasteiger partial charge in [0.15, 0.2) is 0 Å². The Kier molecular flexibility index (Phi) is 9.28. The summed E-state index contributed by atoms with van der Waals surface area (Å²) in [5.74, 6) is -44.5. The smallest absolute Gasteiger partial charge is 0.460 e. The van der Waals surface area contributed by atoms with Crippen molar-refractivity contribution < 1.29 is 76.1 Å². The second-order valence-corrected chi connectivity index (χ2v) is 6.29. The number of hydrogen-bond donors (Lipinski definition) is 0. The first-order chi connectivity index (χ1) is 14.6. The molecule has 33 heavy (non-hydrogen) atoms. The molecule has 0 rings (SSSR count). The molecule has 0 aromatic heterocycles. The van der Waals surface area contributed by atoms with Gasteiger partial charge in [-0.1, -0.05) is 6.58 Å². The van der Waals surface area contributed by atoms with E-state index in [9.17, 15) is 66.7 Å². The van der Waals surface area contributed by atoms with Gasteiger partial charge in [-0.25, -0.2) is 4.79 Å². The van der Waals surface area contributed by atoms with E-state index in [-0.39, 0.29) is 12.7 Å². The maximum absolute atomic E-state index is 14.3. The predicted octanol–water partition coefficient (Wildman–Crippen LogP) is 5.41. The summed E-state index contributed by atoms with van der Waals surface area (Å²) >= 11 is 0. The number of esters is 2. The first-order valence-corrected chi connectivity index (χ1v) is 8.46. The van der Waals surface area contributed by atoms with Crippen molar-refractivity contribution in [3.63, 3.8) is 0 Å². The van der Waals surface area contributed by atoms with Crippen LogP contribution in [-0.2, 0) is 19.1 Å². The third kappa shape index (κ3) is 5.65. The molecule has 0 fully saturated rings. The van der Waals surface area contributed by atoms with Crippen LogP contribution >= 0.6 is 0 Å². The minimum Gasteiger partial charge on any atom is -0.466 e. The summed E-state index contributed by atoms with van der Waals surface area (Å²) in [4.78, 5) is 22.2. The van der Waals surface area contributed by atoms with Crippen molar-refractivity contribution in [3.05, 3.63) is 12.7 Å². The van der Waals surface area contributed by atoms with Crippen molar-refractivity contribution in [2.75, 3.05) is 13.2 Å². The van der Waals surface area contributed by atoms with Crippen LogP contribution in [0.1, 0.15) is 19.8 Å². The van der Waals surface area contributed by atoms with Crippen molar-refractivity contribution in [1.82, 2.24) is 0 Å². The number of carbonyl (C=O) groups is 2. The highest BCUT2D eigenvalue weighted by atomic mass is 19.4. The van der Waals surface area contributed by atoms with Crippen LogP contribution in [0.15, 0.2) is 12.7 Å². The summed E-state index contributed by atoms with van der Waals surface area (Å²) in [5, 5.41) is 0. The fourth-order valence-corrected chi connectivity index (χ4v) is 2.17. The van der Waals surface area contributed by atoms with Crippen molar-refractivity contribution >= 4 is 11.9 Å². The van der Waals surface area contributed by atoms with Gasteiger partial charge in [0, 0.05) is 12.5 Å². The Hall–Kier alpha value is -2.23. The Balaban J connectivity index is 6.38. The van der Waals surface area contributed by atoms with Gasteiger partial charge in [0.1, 0.15) is 6.61 Å².